The number of nitrogens with zero attached hydrogens (tertiary/aromatic N) is 4. The fourth-order valence-electron chi connectivity index (χ4n) is 4.88. The molecule has 2 atom stereocenters. The second-order valence-corrected chi connectivity index (χ2v) is 8.59. The molecule has 0 radical (unpaired) electrons. The molecule has 8 heteroatoms. The molecule has 8 nitrogen and oxygen atoms in total. The van der Waals surface area contributed by atoms with Gasteiger partial charge in [-0.05, 0) is 55.4 Å². The van der Waals surface area contributed by atoms with Crippen molar-refractivity contribution < 1.29 is 4.79 Å². The number of carbonyl (C=O) groups excluding carboxylic acids is 1. The van der Waals surface area contributed by atoms with Gasteiger partial charge in [0.05, 0.1) is 6.20 Å². The number of rotatable bonds is 5. The summed E-state index contributed by atoms with van der Waals surface area (Å²) in [6, 6.07) is 8.31. The lowest BCUT2D eigenvalue weighted by molar-refractivity contribution is 0.0996. The Bertz CT molecular complexity index is 898. The molecule has 30 heavy (non-hydrogen) atoms. The summed E-state index contributed by atoms with van der Waals surface area (Å²) in [4.78, 5) is 25.6. The molecule has 3 aliphatic rings. The van der Waals surface area contributed by atoms with Crippen molar-refractivity contribution in [3.63, 3.8) is 0 Å². The van der Waals surface area contributed by atoms with Gasteiger partial charge in [-0.2, -0.15) is 0 Å². The summed E-state index contributed by atoms with van der Waals surface area (Å²) in [6.45, 7) is 6.41. The number of primary amides is 1. The van der Waals surface area contributed by atoms with Crippen molar-refractivity contribution in [2.45, 2.75) is 19.3 Å². The number of fused-ring (bicyclic) bond motifs is 1. The van der Waals surface area contributed by atoms with E-state index in [0.717, 1.165) is 75.5 Å². The van der Waals surface area contributed by atoms with Gasteiger partial charge in [0.2, 0.25) is 0 Å². The molecule has 4 N–H and O–H groups in total. The van der Waals surface area contributed by atoms with Crippen LogP contribution in [-0.2, 0) is 0 Å². The lowest BCUT2D eigenvalue weighted by Gasteiger charge is -2.27. The number of hydrogen-bond donors (Lipinski definition) is 3. The zero-order valence-corrected chi connectivity index (χ0v) is 17.2. The highest BCUT2D eigenvalue weighted by Crippen LogP contribution is 2.31. The monoisotopic (exact) mass is 407 g/mol. The van der Waals surface area contributed by atoms with Gasteiger partial charge in [-0.3, -0.25) is 4.79 Å². The second-order valence-electron chi connectivity index (χ2n) is 8.59. The number of hydrogen-bond acceptors (Lipinski definition) is 7. The van der Waals surface area contributed by atoms with Crippen LogP contribution in [-0.4, -0.2) is 55.1 Å². The third-order valence-electron chi connectivity index (χ3n) is 6.56. The lowest BCUT2D eigenvalue weighted by atomic mass is 10.0. The maximum atomic E-state index is 11.9. The first-order valence-electron chi connectivity index (χ1n) is 10.9. The Kier molecular flexibility index (Phi) is 5.16. The molecule has 0 spiro atoms. The van der Waals surface area contributed by atoms with Gasteiger partial charge >= 0.3 is 0 Å². The van der Waals surface area contributed by atoms with Gasteiger partial charge in [-0.25, -0.2) is 9.97 Å². The van der Waals surface area contributed by atoms with Crippen LogP contribution in [0.1, 0.15) is 29.8 Å². The average molecular weight is 408 g/mol. The largest absolute Gasteiger partial charge is 0.371 e. The summed E-state index contributed by atoms with van der Waals surface area (Å²) in [7, 11) is 0. The first kappa shape index (κ1) is 19.1. The van der Waals surface area contributed by atoms with Crippen LogP contribution in [0.2, 0.25) is 0 Å². The number of benzene rings is 1. The van der Waals surface area contributed by atoms with Gasteiger partial charge in [0.15, 0.2) is 11.5 Å². The van der Waals surface area contributed by atoms with E-state index in [1.165, 1.54) is 12.1 Å². The number of piperidine rings is 1. The molecule has 3 saturated heterocycles. The van der Waals surface area contributed by atoms with Crippen LogP contribution in [0.4, 0.5) is 23.0 Å². The van der Waals surface area contributed by atoms with E-state index in [1.807, 2.05) is 12.1 Å². The minimum atomic E-state index is -0.580. The third-order valence-corrected chi connectivity index (χ3v) is 6.56. The van der Waals surface area contributed by atoms with Gasteiger partial charge in [-0.15, -0.1) is 0 Å². The third kappa shape index (κ3) is 3.79. The van der Waals surface area contributed by atoms with Crippen molar-refractivity contribution in [3.8, 4) is 0 Å². The SMILES string of the molecule is NC(=O)c1ncc(N2CCCCC2)nc1Nc1ccc(N2CC3CNCC3C2)cc1. The summed E-state index contributed by atoms with van der Waals surface area (Å²) in [5, 5.41) is 6.75. The molecule has 158 valence electrons. The fourth-order valence-corrected chi connectivity index (χ4v) is 4.88. The summed E-state index contributed by atoms with van der Waals surface area (Å²) in [5.74, 6) is 2.14. The van der Waals surface area contributed by atoms with Crippen LogP contribution in [0.15, 0.2) is 30.5 Å². The number of nitrogens with two attached hydrogens (primary N) is 1. The van der Waals surface area contributed by atoms with Gasteiger partial charge in [0.25, 0.3) is 5.91 Å². The van der Waals surface area contributed by atoms with E-state index in [9.17, 15) is 4.79 Å². The minimum absolute atomic E-state index is 0.166. The maximum absolute atomic E-state index is 11.9. The Balaban J connectivity index is 1.33. The van der Waals surface area contributed by atoms with E-state index in [2.05, 4.69) is 42.5 Å². The predicted molar refractivity (Wildman–Crippen MR) is 118 cm³/mol. The molecule has 0 aliphatic carbocycles. The lowest BCUT2D eigenvalue weighted by Crippen LogP contribution is -2.31. The van der Waals surface area contributed by atoms with Crippen LogP contribution in [0.25, 0.3) is 0 Å². The van der Waals surface area contributed by atoms with E-state index in [4.69, 9.17) is 5.73 Å². The van der Waals surface area contributed by atoms with Crippen LogP contribution >= 0.6 is 0 Å². The molecule has 3 aliphatic heterocycles. The number of amides is 1. The Hall–Kier alpha value is -2.87. The number of carbonyl (C=O) groups is 1. The predicted octanol–water partition coefficient (Wildman–Crippen LogP) is 1.96. The van der Waals surface area contributed by atoms with E-state index < -0.39 is 5.91 Å². The van der Waals surface area contributed by atoms with E-state index in [-0.39, 0.29) is 5.69 Å². The Labute approximate surface area is 176 Å². The molecule has 4 heterocycles. The van der Waals surface area contributed by atoms with Crippen LogP contribution < -0.4 is 26.2 Å². The highest BCUT2D eigenvalue weighted by Gasteiger charge is 2.36. The van der Waals surface area contributed by atoms with Gasteiger partial charge in [-0.1, -0.05) is 0 Å². The van der Waals surface area contributed by atoms with Crippen LogP contribution in [0.5, 0.6) is 0 Å². The topological polar surface area (TPSA) is 99.4 Å². The van der Waals surface area contributed by atoms with Gasteiger partial charge < -0.3 is 26.2 Å². The van der Waals surface area contributed by atoms with Crippen molar-refractivity contribution in [1.29, 1.82) is 0 Å². The smallest absolute Gasteiger partial charge is 0.271 e. The van der Waals surface area contributed by atoms with Crippen LogP contribution in [0, 0.1) is 11.8 Å². The molecule has 0 bridgehead atoms. The van der Waals surface area contributed by atoms with Crippen LogP contribution in [0.3, 0.4) is 0 Å². The summed E-state index contributed by atoms with van der Waals surface area (Å²) >= 11 is 0. The Morgan fingerprint density at radius 1 is 1.03 bits per heavy atom. The molecule has 2 aromatic rings. The molecule has 0 saturated carbocycles. The molecule has 1 aromatic carbocycles. The molecular weight excluding hydrogens is 378 g/mol. The molecule has 1 aromatic heterocycles. The number of anilines is 4. The van der Waals surface area contributed by atoms with Crippen molar-refractivity contribution in [2.24, 2.45) is 17.6 Å². The Morgan fingerprint density at radius 2 is 1.73 bits per heavy atom. The van der Waals surface area contributed by atoms with Crippen molar-refractivity contribution >= 4 is 28.9 Å². The zero-order chi connectivity index (χ0) is 20.5. The van der Waals surface area contributed by atoms with Gasteiger partial charge in [0, 0.05) is 50.6 Å². The zero-order valence-electron chi connectivity index (χ0n) is 17.2. The highest BCUT2D eigenvalue weighted by molar-refractivity contribution is 5.96. The van der Waals surface area contributed by atoms with Crippen molar-refractivity contribution in [3.05, 3.63) is 36.2 Å². The molecule has 5 rings (SSSR count). The van der Waals surface area contributed by atoms with Gasteiger partial charge in [0.1, 0.15) is 5.82 Å². The molecular formula is C22H29N7O. The molecule has 2 unspecified atom stereocenters. The standard InChI is InChI=1S/C22H29N7O/c23-21(30)20-22(27-19(12-25-20)28-8-2-1-3-9-28)26-17-4-6-18(7-5-17)29-13-15-10-24-11-16(15)14-29/h4-7,12,15-16,24H,1-3,8-11,13-14H2,(H2,23,30)(H,26,27). The highest BCUT2D eigenvalue weighted by atomic mass is 16.1. The maximum Gasteiger partial charge on any atom is 0.271 e. The Morgan fingerprint density at radius 3 is 2.40 bits per heavy atom. The summed E-state index contributed by atoms with van der Waals surface area (Å²) in [6.07, 6.45) is 5.20. The van der Waals surface area contributed by atoms with Crippen molar-refractivity contribution in [2.75, 3.05) is 54.4 Å². The van der Waals surface area contributed by atoms with E-state index in [1.54, 1.807) is 6.20 Å². The normalized spacial score (nSPS) is 23.5. The second kappa shape index (κ2) is 8.10. The average Bonchev–Trinajstić information content (AvgIpc) is 3.37. The van der Waals surface area contributed by atoms with E-state index in [0.29, 0.717) is 5.82 Å². The quantitative estimate of drug-likeness (QED) is 0.697. The summed E-state index contributed by atoms with van der Waals surface area (Å²) < 4.78 is 0. The summed E-state index contributed by atoms with van der Waals surface area (Å²) in [5.41, 5.74) is 7.81. The first-order chi connectivity index (χ1) is 14.7. The fraction of sp³-hybridized carbons (Fsp3) is 0.500. The minimum Gasteiger partial charge on any atom is -0.371 e. The first-order valence-corrected chi connectivity index (χ1v) is 10.9. The number of nitrogens with one attached hydrogen (secondary N) is 2. The molecule has 3 fully saturated rings. The van der Waals surface area contributed by atoms with E-state index >= 15 is 0 Å². The number of aromatic nitrogens is 2. The van der Waals surface area contributed by atoms with Crippen molar-refractivity contribution in [1.82, 2.24) is 15.3 Å². The molecule has 1 amide bonds.